The van der Waals surface area contributed by atoms with Crippen LogP contribution in [0.4, 0.5) is 0 Å². The molecule has 0 radical (unpaired) electrons. The smallest absolute Gasteiger partial charge is 0.138 e. The van der Waals surface area contributed by atoms with Crippen LogP contribution in [0, 0.1) is 11.1 Å². The molecular weight excluding hydrogens is 212 g/mol. The van der Waals surface area contributed by atoms with Crippen LogP contribution in [-0.4, -0.2) is 16.1 Å². The molecule has 0 amide bonds. The van der Waals surface area contributed by atoms with Crippen LogP contribution in [0.3, 0.4) is 0 Å². The van der Waals surface area contributed by atoms with Gasteiger partial charge in [0, 0.05) is 0 Å². The van der Waals surface area contributed by atoms with Crippen molar-refractivity contribution in [2.24, 2.45) is 0 Å². The lowest BCUT2D eigenvalue weighted by Crippen LogP contribution is -2.40. The predicted molar refractivity (Wildman–Crippen MR) is 74.7 cm³/mol. The van der Waals surface area contributed by atoms with Gasteiger partial charge in [0.05, 0.1) is 0 Å². The summed E-state index contributed by atoms with van der Waals surface area (Å²) in [7, 11) is -2.74. The fraction of sp³-hybridized carbons (Fsp3) is 0.385. The van der Waals surface area contributed by atoms with Crippen molar-refractivity contribution in [3.05, 3.63) is 30.3 Å². The summed E-state index contributed by atoms with van der Waals surface area (Å²) >= 11 is 0. The second-order valence-electron chi connectivity index (χ2n) is 5.49. The Morgan fingerprint density at radius 3 is 1.80 bits per heavy atom. The van der Waals surface area contributed by atoms with E-state index in [0.29, 0.717) is 0 Å². The van der Waals surface area contributed by atoms with Crippen LogP contribution < -0.4 is 5.19 Å². The summed E-state index contributed by atoms with van der Waals surface area (Å²) in [4.78, 5) is 0. The Balaban J connectivity index is 2.98. The van der Waals surface area contributed by atoms with Crippen molar-refractivity contribution in [3.8, 4) is 11.1 Å². The number of benzene rings is 1. The van der Waals surface area contributed by atoms with Gasteiger partial charge in [0.2, 0.25) is 0 Å². The Labute approximate surface area is 95.7 Å². The van der Waals surface area contributed by atoms with Crippen molar-refractivity contribution < 1.29 is 0 Å². The molecule has 15 heavy (non-hydrogen) atoms. The van der Waals surface area contributed by atoms with Gasteiger partial charge in [0.1, 0.15) is 8.07 Å². The summed E-state index contributed by atoms with van der Waals surface area (Å²) in [6.07, 6.45) is 0. The highest BCUT2D eigenvalue weighted by Gasteiger charge is 2.21. The van der Waals surface area contributed by atoms with E-state index in [2.05, 4.69) is 74.2 Å². The average molecular weight is 232 g/mol. The Bertz CT molecular complexity index is 374. The van der Waals surface area contributed by atoms with Crippen LogP contribution in [-0.2, 0) is 0 Å². The molecular formula is C13H20Si2. The van der Waals surface area contributed by atoms with Gasteiger partial charge in [-0.2, -0.15) is 0 Å². The van der Waals surface area contributed by atoms with E-state index in [1.807, 2.05) is 0 Å². The van der Waals surface area contributed by atoms with Crippen molar-refractivity contribution in [3.63, 3.8) is 0 Å². The van der Waals surface area contributed by atoms with Crippen LogP contribution in [0.15, 0.2) is 30.3 Å². The van der Waals surface area contributed by atoms with Crippen LogP contribution >= 0.6 is 0 Å². The first-order chi connectivity index (χ1) is 6.81. The second kappa shape index (κ2) is 4.38. The van der Waals surface area contributed by atoms with Gasteiger partial charge in [-0.1, -0.05) is 63.1 Å². The zero-order valence-corrected chi connectivity index (χ0v) is 12.4. The van der Waals surface area contributed by atoms with Gasteiger partial charge >= 0.3 is 0 Å². The second-order valence-corrected chi connectivity index (χ2v) is 14.3. The van der Waals surface area contributed by atoms with Crippen LogP contribution in [0.2, 0.25) is 32.7 Å². The van der Waals surface area contributed by atoms with Crippen molar-refractivity contribution >= 4 is 21.3 Å². The lowest BCUT2D eigenvalue weighted by molar-refractivity contribution is 1.72. The molecule has 80 valence electrons. The molecule has 0 aliphatic carbocycles. The van der Waals surface area contributed by atoms with E-state index in [4.69, 9.17) is 0 Å². The molecule has 0 unspecified atom stereocenters. The lowest BCUT2D eigenvalue weighted by Gasteiger charge is -2.16. The monoisotopic (exact) mass is 232 g/mol. The normalized spacial score (nSPS) is 11.8. The van der Waals surface area contributed by atoms with E-state index in [0.717, 1.165) is 0 Å². The van der Waals surface area contributed by atoms with E-state index in [1.165, 1.54) is 5.19 Å². The molecule has 0 fully saturated rings. The highest BCUT2D eigenvalue weighted by Crippen LogP contribution is 2.04. The van der Waals surface area contributed by atoms with E-state index in [-0.39, 0.29) is 0 Å². The molecule has 1 aromatic rings. The molecule has 0 nitrogen and oxygen atoms in total. The van der Waals surface area contributed by atoms with Gasteiger partial charge in [-0.25, -0.2) is 0 Å². The minimum atomic E-state index is -1.52. The van der Waals surface area contributed by atoms with Crippen LogP contribution in [0.25, 0.3) is 0 Å². The molecule has 0 saturated heterocycles. The Kier molecular flexibility index (Phi) is 3.59. The fourth-order valence-electron chi connectivity index (χ4n) is 1.27. The maximum Gasteiger partial charge on any atom is 0.161 e. The van der Waals surface area contributed by atoms with Gasteiger partial charge in [-0.3, -0.25) is 0 Å². The molecule has 1 aromatic carbocycles. The molecule has 0 aliphatic rings. The minimum Gasteiger partial charge on any atom is -0.138 e. The molecule has 0 bridgehead atoms. The summed E-state index contributed by atoms with van der Waals surface area (Å²) in [6.45, 7) is 11.6. The first-order valence-corrected chi connectivity index (χ1v) is 11.9. The predicted octanol–water partition coefficient (Wildman–Crippen LogP) is 3.02. The Morgan fingerprint density at radius 1 is 0.800 bits per heavy atom. The van der Waals surface area contributed by atoms with E-state index >= 15 is 0 Å². The molecule has 0 saturated carbocycles. The molecule has 1 rings (SSSR count). The van der Waals surface area contributed by atoms with Gasteiger partial charge in [-0.05, 0) is 5.19 Å². The summed E-state index contributed by atoms with van der Waals surface area (Å²) in [5, 5.41) is 1.44. The number of hydrogen-bond acceptors (Lipinski definition) is 0. The van der Waals surface area contributed by atoms with Gasteiger partial charge in [0.15, 0.2) is 8.07 Å². The zero-order valence-electron chi connectivity index (χ0n) is 10.4. The van der Waals surface area contributed by atoms with E-state index in [9.17, 15) is 0 Å². The summed E-state index contributed by atoms with van der Waals surface area (Å²) in [5.74, 6) is 0. The van der Waals surface area contributed by atoms with Gasteiger partial charge < -0.3 is 0 Å². The Morgan fingerprint density at radius 2 is 1.33 bits per heavy atom. The summed E-state index contributed by atoms with van der Waals surface area (Å²) < 4.78 is 0. The first kappa shape index (κ1) is 12.3. The Hall–Kier alpha value is -0.786. The third kappa shape index (κ3) is 4.07. The third-order valence-electron chi connectivity index (χ3n) is 2.25. The molecule has 2 heteroatoms. The van der Waals surface area contributed by atoms with Gasteiger partial charge in [0.25, 0.3) is 0 Å². The SMILES string of the molecule is C[Si](C)(C)C#C[Si](C)(C)c1ccccc1. The van der Waals surface area contributed by atoms with Gasteiger partial charge in [-0.15, -0.1) is 11.1 Å². The van der Waals surface area contributed by atoms with E-state index < -0.39 is 16.1 Å². The molecule has 0 heterocycles. The molecule has 0 spiro atoms. The molecule has 0 N–H and O–H groups in total. The van der Waals surface area contributed by atoms with Crippen LogP contribution in [0.1, 0.15) is 0 Å². The number of rotatable bonds is 1. The van der Waals surface area contributed by atoms with E-state index in [1.54, 1.807) is 0 Å². The topological polar surface area (TPSA) is 0 Å². The quantitative estimate of drug-likeness (QED) is 0.516. The number of hydrogen-bond donors (Lipinski definition) is 0. The summed E-state index contributed by atoms with van der Waals surface area (Å²) in [6, 6.07) is 10.7. The largest absolute Gasteiger partial charge is 0.161 e. The minimum absolute atomic E-state index is 1.23. The summed E-state index contributed by atoms with van der Waals surface area (Å²) in [5.41, 5.74) is 7.08. The van der Waals surface area contributed by atoms with Crippen molar-refractivity contribution in [1.82, 2.24) is 0 Å². The zero-order chi connectivity index (χ0) is 11.5. The molecule has 0 aliphatic heterocycles. The highest BCUT2D eigenvalue weighted by molar-refractivity contribution is 6.98. The maximum atomic E-state index is 3.57. The third-order valence-corrected chi connectivity index (χ3v) is 5.90. The molecule has 0 aromatic heterocycles. The molecule has 0 atom stereocenters. The lowest BCUT2D eigenvalue weighted by atomic mass is 10.4. The van der Waals surface area contributed by atoms with Crippen molar-refractivity contribution in [2.75, 3.05) is 0 Å². The first-order valence-electron chi connectivity index (χ1n) is 5.41. The maximum absolute atomic E-state index is 3.57. The van der Waals surface area contributed by atoms with Crippen molar-refractivity contribution in [2.45, 2.75) is 32.7 Å². The fourth-order valence-corrected chi connectivity index (χ4v) is 5.19. The standard InChI is InChI=1S/C13H20Si2/c1-14(2,3)11-12-15(4,5)13-9-7-6-8-10-13/h6-10H,1-5H3. The highest BCUT2D eigenvalue weighted by atomic mass is 28.3. The average Bonchev–Trinajstić information content (AvgIpc) is 2.16. The van der Waals surface area contributed by atoms with Crippen molar-refractivity contribution in [1.29, 1.82) is 0 Å². The van der Waals surface area contributed by atoms with Crippen LogP contribution in [0.5, 0.6) is 0 Å².